The average molecular weight is 428 g/mol. The Bertz CT molecular complexity index is 1400. The highest BCUT2D eigenvalue weighted by molar-refractivity contribution is 7.21. The van der Waals surface area contributed by atoms with Gasteiger partial charge in [0.1, 0.15) is 16.2 Å². The molecule has 2 heterocycles. The van der Waals surface area contributed by atoms with E-state index in [1.165, 1.54) is 0 Å². The number of benzene rings is 3. The Hall–Kier alpha value is -2.67. The zero-order chi connectivity index (χ0) is 21.8. The predicted octanol–water partition coefficient (Wildman–Crippen LogP) is 5.67. The summed E-state index contributed by atoms with van der Waals surface area (Å²) in [6.07, 6.45) is 0. The van der Waals surface area contributed by atoms with E-state index in [0.29, 0.717) is 0 Å². The topological polar surface area (TPSA) is 55.5 Å². The van der Waals surface area contributed by atoms with Crippen molar-refractivity contribution < 1.29 is 14.2 Å². The molecule has 0 saturated carbocycles. The molecule has 1 N–H and O–H groups in total. The lowest BCUT2D eigenvalue weighted by molar-refractivity contribution is -0.0893. The number of rotatable bonds is 5. The maximum Gasteiger partial charge on any atom is 0.330 e. The second-order valence-electron chi connectivity index (χ2n) is 8.86. The molecule has 5 rings (SSSR count). The number of hydrogen-bond acceptors (Lipinski definition) is 5. The highest BCUT2D eigenvalue weighted by Gasteiger charge is 2.35. The van der Waals surface area contributed by atoms with Crippen LogP contribution in [0.15, 0.2) is 65.1 Å². The Balaban J connectivity index is 1.53. The normalized spacial score (nSPS) is 12.8. The molecule has 0 fully saturated rings. The number of aromatic nitrogens is 1. The van der Waals surface area contributed by atoms with Gasteiger partial charge in [-0.3, -0.25) is 0 Å². The molecule has 0 unspecified atom stereocenters. The van der Waals surface area contributed by atoms with E-state index in [2.05, 4.69) is 30.3 Å². The van der Waals surface area contributed by atoms with Crippen LogP contribution in [-0.2, 0) is 4.65 Å². The number of thiazole rings is 1. The first-order chi connectivity index (χ1) is 14.7. The van der Waals surface area contributed by atoms with Crippen LogP contribution in [-0.4, -0.2) is 28.8 Å². The summed E-state index contributed by atoms with van der Waals surface area (Å²) in [5.74, 6) is 0. The molecular weight excluding hydrogens is 405 g/mol. The van der Waals surface area contributed by atoms with E-state index in [9.17, 15) is 5.11 Å². The van der Waals surface area contributed by atoms with Crippen LogP contribution in [0.3, 0.4) is 0 Å². The second-order valence-corrected chi connectivity index (χ2v) is 9.89. The number of nitrogens with zero attached hydrogens (tertiary/aromatic N) is 1. The Morgan fingerprint density at radius 1 is 0.935 bits per heavy atom. The Labute approximate surface area is 185 Å². The van der Waals surface area contributed by atoms with E-state index in [0.717, 1.165) is 48.2 Å². The zero-order valence-corrected chi connectivity index (χ0v) is 18.8. The van der Waals surface area contributed by atoms with Gasteiger partial charge in [0.05, 0.1) is 21.4 Å². The number of furan rings is 1. The fraction of sp³-hybridized carbons (Fsp3) is 0.240. The standard InChI is InChI=1S/C25H23BNO3S/c1-24(2,28)25(3,4)30-26-16-10-11-20-17(12-16)18-13-19-22(14-21(18)29-20)31-23(27-19)15-8-6-5-7-9-15/h5-14,28H,1-4H3. The Morgan fingerprint density at radius 3 is 2.42 bits per heavy atom. The number of hydrogen-bond donors (Lipinski definition) is 1. The highest BCUT2D eigenvalue weighted by Crippen LogP contribution is 2.36. The van der Waals surface area contributed by atoms with Gasteiger partial charge in [-0.1, -0.05) is 47.9 Å². The summed E-state index contributed by atoms with van der Waals surface area (Å²) >= 11 is 1.67. The molecule has 2 aromatic heterocycles. The van der Waals surface area contributed by atoms with Gasteiger partial charge in [-0.2, -0.15) is 0 Å². The Kier molecular flexibility index (Phi) is 4.70. The molecule has 0 bridgehead atoms. The van der Waals surface area contributed by atoms with Crippen molar-refractivity contribution >= 4 is 56.4 Å². The van der Waals surface area contributed by atoms with Crippen molar-refractivity contribution in [3.63, 3.8) is 0 Å². The third-order valence-corrected chi connectivity index (χ3v) is 7.05. The van der Waals surface area contributed by atoms with E-state index < -0.39 is 11.2 Å². The minimum Gasteiger partial charge on any atom is -0.456 e. The lowest BCUT2D eigenvalue weighted by atomic mass is 9.82. The fourth-order valence-electron chi connectivity index (χ4n) is 3.35. The van der Waals surface area contributed by atoms with Crippen molar-refractivity contribution in [1.29, 1.82) is 0 Å². The first kappa shape index (κ1) is 20.2. The smallest absolute Gasteiger partial charge is 0.330 e. The van der Waals surface area contributed by atoms with Crippen molar-refractivity contribution in [2.45, 2.75) is 38.9 Å². The van der Waals surface area contributed by atoms with Crippen LogP contribution < -0.4 is 5.46 Å². The summed E-state index contributed by atoms with van der Waals surface area (Å²) in [5.41, 5.74) is 2.98. The zero-order valence-electron chi connectivity index (χ0n) is 18.0. The van der Waals surface area contributed by atoms with Gasteiger partial charge in [0.2, 0.25) is 0 Å². The van der Waals surface area contributed by atoms with Gasteiger partial charge in [-0.15, -0.1) is 11.3 Å². The molecule has 0 saturated heterocycles. The van der Waals surface area contributed by atoms with Gasteiger partial charge < -0.3 is 14.2 Å². The van der Waals surface area contributed by atoms with Crippen LogP contribution in [0.25, 0.3) is 42.7 Å². The van der Waals surface area contributed by atoms with Gasteiger partial charge in [-0.05, 0) is 39.8 Å². The van der Waals surface area contributed by atoms with Gasteiger partial charge in [0.25, 0.3) is 0 Å². The van der Waals surface area contributed by atoms with Crippen LogP contribution in [0.4, 0.5) is 0 Å². The fourth-order valence-corrected chi connectivity index (χ4v) is 4.33. The molecule has 0 aliphatic heterocycles. The summed E-state index contributed by atoms with van der Waals surface area (Å²) in [6.45, 7) is 7.24. The SMILES string of the molecule is CC(C)(O)C(C)(C)O[B]c1ccc2oc3cc4sc(-c5ccccc5)nc4cc3c2c1. The molecular formula is C25H23BNO3S. The summed E-state index contributed by atoms with van der Waals surface area (Å²) in [6, 6.07) is 20.4. The maximum absolute atomic E-state index is 10.3. The summed E-state index contributed by atoms with van der Waals surface area (Å²) in [7, 11) is 1.70. The second kappa shape index (κ2) is 7.19. The van der Waals surface area contributed by atoms with E-state index in [-0.39, 0.29) is 0 Å². The number of aliphatic hydroxyl groups is 1. The van der Waals surface area contributed by atoms with E-state index >= 15 is 0 Å². The molecule has 5 aromatic rings. The first-order valence-corrected chi connectivity index (χ1v) is 11.1. The van der Waals surface area contributed by atoms with Crippen molar-refractivity contribution in [2.24, 2.45) is 0 Å². The molecule has 31 heavy (non-hydrogen) atoms. The first-order valence-electron chi connectivity index (χ1n) is 10.3. The molecule has 6 heteroatoms. The summed E-state index contributed by atoms with van der Waals surface area (Å²) in [5, 5.41) is 13.4. The minimum absolute atomic E-state index is 0.721. The van der Waals surface area contributed by atoms with Gasteiger partial charge in [-0.25, -0.2) is 4.98 Å². The van der Waals surface area contributed by atoms with Crippen molar-refractivity contribution in [1.82, 2.24) is 4.98 Å². The predicted molar refractivity (Wildman–Crippen MR) is 129 cm³/mol. The molecule has 0 amide bonds. The molecule has 0 aliphatic carbocycles. The van der Waals surface area contributed by atoms with E-state index in [4.69, 9.17) is 14.1 Å². The van der Waals surface area contributed by atoms with Crippen molar-refractivity contribution in [3.05, 3.63) is 60.7 Å². The third kappa shape index (κ3) is 3.65. The molecule has 4 nitrogen and oxygen atoms in total. The van der Waals surface area contributed by atoms with Crippen molar-refractivity contribution in [2.75, 3.05) is 0 Å². The van der Waals surface area contributed by atoms with Crippen LogP contribution >= 0.6 is 11.3 Å². The average Bonchev–Trinajstić information content (AvgIpc) is 3.30. The lowest BCUT2D eigenvalue weighted by Crippen LogP contribution is -2.49. The third-order valence-electron chi connectivity index (χ3n) is 5.99. The van der Waals surface area contributed by atoms with E-state index in [1.807, 2.05) is 44.2 Å². The lowest BCUT2D eigenvalue weighted by Gasteiger charge is -2.37. The molecule has 3 aromatic carbocycles. The van der Waals surface area contributed by atoms with Gasteiger partial charge >= 0.3 is 7.48 Å². The molecule has 0 spiro atoms. The largest absolute Gasteiger partial charge is 0.456 e. The van der Waals surface area contributed by atoms with Gasteiger partial charge in [0, 0.05) is 22.4 Å². The molecule has 0 aliphatic rings. The van der Waals surface area contributed by atoms with Crippen LogP contribution in [0.1, 0.15) is 27.7 Å². The maximum atomic E-state index is 10.3. The highest BCUT2D eigenvalue weighted by atomic mass is 32.1. The monoisotopic (exact) mass is 428 g/mol. The quantitative estimate of drug-likeness (QED) is 0.367. The van der Waals surface area contributed by atoms with Crippen LogP contribution in [0, 0.1) is 0 Å². The number of fused-ring (bicyclic) bond motifs is 4. The van der Waals surface area contributed by atoms with Crippen LogP contribution in [0.2, 0.25) is 0 Å². The Morgan fingerprint density at radius 2 is 1.68 bits per heavy atom. The van der Waals surface area contributed by atoms with Crippen molar-refractivity contribution in [3.8, 4) is 10.6 Å². The minimum atomic E-state index is -0.970. The van der Waals surface area contributed by atoms with Gasteiger partial charge in [0.15, 0.2) is 0 Å². The summed E-state index contributed by atoms with van der Waals surface area (Å²) in [4.78, 5) is 4.85. The van der Waals surface area contributed by atoms with E-state index in [1.54, 1.807) is 32.7 Å². The molecule has 0 atom stereocenters. The summed E-state index contributed by atoms with van der Waals surface area (Å²) < 4.78 is 13.1. The molecule has 155 valence electrons. The van der Waals surface area contributed by atoms with Crippen LogP contribution in [0.5, 0.6) is 0 Å². The molecule has 1 radical (unpaired) electrons.